The molecule has 9 heteroatoms. The molecule has 0 radical (unpaired) electrons. The minimum atomic E-state index is -3.19. The zero-order valence-corrected chi connectivity index (χ0v) is 24.4. The minimum absolute atomic E-state index is 0.0113. The lowest BCUT2D eigenvalue weighted by atomic mass is 10.1. The number of rotatable bonds is 14. The number of carbonyl (C=O) groups excluding carboxylic acids is 2. The average molecular weight is 577 g/mol. The fraction of sp³-hybridized carbons (Fsp3) is 0.312. The Bertz CT molecular complexity index is 1460. The van der Waals surface area contributed by atoms with Crippen molar-refractivity contribution in [3.05, 3.63) is 84.4 Å². The van der Waals surface area contributed by atoms with Crippen LogP contribution < -0.4 is 15.4 Å². The Labute approximate surface area is 240 Å². The van der Waals surface area contributed by atoms with Crippen molar-refractivity contribution in [2.75, 3.05) is 24.7 Å². The largest absolute Gasteiger partial charge is 0.481 e. The van der Waals surface area contributed by atoms with E-state index in [-0.39, 0.29) is 24.5 Å². The number of furan rings is 1. The molecule has 2 atom stereocenters. The number of para-hydroxylation sites is 1. The molecule has 3 N–H and O–H groups in total. The third-order valence-corrected chi connectivity index (χ3v) is 7.74. The Kier molecular flexibility index (Phi) is 10.4. The molecule has 0 spiro atoms. The third kappa shape index (κ3) is 9.07. The second-order valence-corrected chi connectivity index (χ2v) is 12.8. The fourth-order valence-electron chi connectivity index (χ4n) is 4.39. The van der Waals surface area contributed by atoms with Gasteiger partial charge in [0, 0.05) is 41.6 Å². The summed E-state index contributed by atoms with van der Waals surface area (Å²) in [6, 6.07) is 23.9. The first-order chi connectivity index (χ1) is 19.7. The summed E-state index contributed by atoms with van der Waals surface area (Å²) in [7, 11) is -3.19. The van der Waals surface area contributed by atoms with Crippen molar-refractivity contribution in [3.8, 4) is 17.1 Å². The van der Waals surface area contributed by atoms with Crippen LogP contribution in [-0.4, -0.2) is 42.2 Å². The van der Waals surface area contributed by atoms with Gasteiger partial charge in [0.2, 0.25) is 0 Å². The number of hydrogen-bond acceptors (Lipinski definition) is 5. The van der Waals surface area contributed by atoms with Gasteiger partial charge in [-0.2, -0.15) is 0 Å². The number of carbonyl (C=O) groups is 2. The molecular formula is C32H37N2O6P. The van der Waals surface area contributed by atoms with Crippen molar-refractivity contribution >= 4 is 35.8 Å². The smallest absolute Gasteiger partial charge is 0.265 e. The standard InChI is InChI=1S/C32H37N2O6P/c1-3-4-5-6-11-29(39-27-18-14-24(15-19-27)31(35)33-20-21-41(2,37)38)32(36)34-26-16-12-23(13-17-26)30-22-25-9-7-8-10-28(25)40-30/h7-10,12-19,22,29H,3-6,11,20-21H2,1-2H3,(H,33,35)(H,34,36)(H,37,38). The van der Waals surface area contributed by atoms with Crippen LogP contribution in [0.15, 0.2) is 83.3 Å². The monoisotopic (exact) mass is 576 g/mol. The van der Waals surface area contributed by atoms with Crippen LogP contribution in [0.1, 0.15) is 49.4 Å². The van der Waals surface area contributed by atoms with Gasteiger partial charge in [-0.05, 0) is 73.5 Å². The lowest BCUT2D eigenvalue weighted by Crippen LogP contribution is -2.33. The Morgan fingerprint density at radius 1 is 0.976 bits per heavy atom. The summed E-state index contributed by atoms with van der Waals surface area (Å²) in [5, 5.41) is 6.65. The summed E-state index contributed by atoms with van der Waals surface area (Å²) in [6.07, 6.45) is 3.90. The maximum Gasteiger partial charge on any atom is 0.265 e. The number of anilines is 1. The van der Waals surface area contributed by atoms with Crippen LogP contribution in [0, 0.1) is 0 Å². The highest BCUT2D eigenvalue weighted by atomic mass is 31.2. The first-order valence-electron chi connectivity index (χ1n) is 14.0. The predicted molar refractivity (Wildman–Crippen MR) is 163 cm³/mol. The fourth-order valence-corrected chi connectivity index (χ4v) is 4.92. The number of benzene rings is 3. The van der Waals surface area contributed by atoms with Crippen molar-refractivity contribution in [3.63, 3.8) is 0 Å². The topological polar surface area (TPSA) is 118 Å². The van der Waals surface area contributed by atoms with E-state index in [1.54, 1.807) is 24.3 Å². The summed E-state index contributed by atoms with van der Waals surface area (Å²) in [5.41, 5.74) is 2.79. The molecule has 0 saturated carbocycles. The molecule has 41 heavy (non-hydrogen) atoms. The van der Waals surface area contributed by atoms with Crippen molar-refractivity contribution in [1.29, 1.82) is 0 Å². The van der Waals surface area contributed by atoms with Gasteiger partial charge in [0.05, 0.1) is 0 Å². The second-order valence-electron chi connectivity index (χ2n) is 10.2. The van der Waals surface area contributed by atoms with Crippen LogP contribution in [0.4, 0.5) is 5.69 Å². The van der Waals surface area contributed by atoms with E-state index in [2.05, 4.69) is 17.6 Å². The maximum atomic E-state index is 13.3. The Balaban J connectivity index is 1.39. The molecule has 4 rings (SSSR count). The molecule has 1 aromatic heterocycles. The summed E-state index contributed by atoms with van der Waals surface area (Å²) in [4.78, 5) is 35.0. The molecule has 0 aliphatic carbocycles. The number of amides is 2. The van der Waals surface area contributed by atoms with Crippen LogP contribution >= 0.6 is 7.37 Å². The number of hydrogen-bond donors (Lipinski definition) is 3. The van der Waals surface area contributed by atoms with Crippen molar-refractivity contribution in [2.24, 2.45) is 0 Å². The van der Waals surface area contributed by atoms with Crippen LogP contribution in [-0.2, 0) is 9.36 Å². The summed E-state index contributed by atoms with van der Waals surface area (Å²) in [5.74, 6) is 0.653. The first kappa shape index (κ1) is 30.1. The molecule has 1 heterocycles. The van der Waals surface area contributed by atoms with Gasteiger partial charge in [0.25, 0.3) is 11.8 Å². The molecule has 0 fully saturated rings. The van der Waals surface area contributed by atoms with Gasteiger partial charge in [-0.25, -0.2) is 0 Å². The Hall–Kier alpha value is -3.87. The van der Waals surface area contributed by atoms with Gasteiger partial charge < -0.3 is 24.7 Å². The van der Waals surface area contributed by atoms with Gasteiger partial charge >= 0.3 is 0 Å². The van der Waals surface area contributed by atoms with Gasteiger partial charge in [0.1, 0.15) is 17.1 Å². The molecule has 0 bridgehead atoms. The highest BCUT2D eigenvalue weighted by molar-refractivity contribution is 7.57. The molecule has 216 valence electrons. The minimum Gasteiger partial charge on any atom is -0.481 e. The van der Waals surface area contributed by atoms with E-state index in [0.717, 1.165) is 48.0 Å². The van der Waals surface area contributed by atoms with Crippen molar-refractivity contribution in [2.45, 2.75) is 45.1 Å². The molecule has 2 unspecified atom stereocenters. The number of fused-ring (bicyclic) bond motifs is 1. The lowest BCUT2D eigenvalue weighted by Gasteiger charge is -2.19. The normalized spacial score (nSPS) is 13.3. The summed E-state index contributed by atoms with van der Waals surface area (Å²) >= 11 is 0. The van der Waals surface area contributed by atoms with E-state index in [1.807, 2.05) is 54.6 Å². The highest BCUT2D eigenvalue weighted by Crippen LogP contribution is 2.33. The molecule has 2 amide bonds. The molecular weight excluding hydrogens is 539 g/mol. The lowest BCUT2D eigenvalue weighted by molar-refractivity contribution is -0.123. The quantitative estimate of drug-likeness (QED) is 0.109. The summed E-state index contributed by atoms with van der Waals surface area (Å²) in [6.45, 7) is 3.51. The molecule has 4 aromatic rings. The van der Waals surface area contributed by atoms with E-state index >= 15 is 0 Å². The van der Waals surface area contributed by atoms with Crippen LogP contribution in [0.3, 0.4) is 0 Å². The van der Waals surface area contributed by atoms with Gasteiger partial charge in [0.15, 0.2) is 13.5 Å². The first-order valence-corrected chi connectivity index (χ1v) is 16.2. The molecule has 0 aliphatic heterocycles. The Morgan fingerprint density at radius 3 is 2.39 bits per heavy atom. The average Bonchev–Trinajstić information content (AvgIpc) is 3.39. The van der Waals surface area contributed by atoms with Crippen LogP contribution in [0.25, 0.3) is 22.3 Å². The Morgan fingerprint density at radius 2 is 1.71 bits per heavy atom. The van der Waals surface area contributed by atoms with Crippen LogP contribution in [0.2, 0.25) is 0 Å². The van der Waals surface area contributed by atoms with Gasteiger partial charge in [-0.3, -0.25) is 14.2 Å². The zero-order chi connectivity index (χ0) is 29.2. The number of ether oxygens (including phenoxy) is 1. The van der Waals surface area contributed by atoms with E-state index in [1.165, 1.54) is 6.66 Å². The van der Waals surface area contributed by atoms with E-state index < -0.39 is 13.5 Å². The molecule has 0 aliphatic rings. The maximum absolute atomic E-state index is 13.3. The van der Waals surface area contributed by atoms with Crippen molar-refractivity contribution < 1.29 is 28.2 Å². The summed E-state index contributed by atoms with van der Waals surface area (Å²) < 4.78 is 23.5. The van der Waals surface area contributed by atoms with Crippen LogP contribution in [0.5, 0.6) is 5.75 Å². The highest BCUT2D eigenvalue weighted by Gasteiger charge is 2.21. The van der Waals surface area contributed by atoms with E-state index in [0.29, 0.717) is 23.4 Å². The van der Waals surface area contributed by atoms with Gasteiger partial charge in [-0.15, -0.1) is 0 Å². The molecule has 8 nitrogen and oxygen atoms in total. The third-order valence-electron chi connectivity index (χ3n) is 6.68. The molecule has 0 saturated heterocycles. The SMILES string of the molecule is CCCCCCC(Oc1ccc(C(=O)NCCP(C)(=O)O)cc1)C(=O)Nc1ccc(-c2cc3ccccc3o2)cc1. The zero-order valence-electron chi connectivity index (χ0n) is 23.5. The van der Waals surface area contributed by atoms with E-state index in [9.17, 15) is 19.0 Å². The predicted octanol–water partition coefficient (Wildman–Crippen LogP) is 7.09. The second kappa shape index (κ2) is 14.2. The van der Waals surface area contributed by atoms with E-state index in [4.69, 9.17) is 9.15 Å². The molecule has 3 aromatic carbocycles. The van der Waals surface area contributed by atoms with Crippen molar-refractivity contribution in [1.82, 2.24) is 5.32 Å². The number of unbranched alkanes of at least 4 members (excludes halogenated alkanes) is 3. The number of nitrogens with one attached hydrogen (secondary N) is 2. The van der Waals surface area contributed by atoms with Gasteiger partial charge in [-0.1, -0.05) is 44.4 Å².